The van der Waals surface area contributed by atoms with Crippen LogP contribution in [0.15, 0.2) is 206 Å². The number of rotatable bonds is 3. The lowest BCUT2D eigenvalue weighted by molar-refractivity contribution is 1.37. The Hall–Kier alpha value is -8.20. The third-order valence-corrected chi connectivity index (χ3v) is 14.2. The van der Waals surface area contributed by atoms with Crippen LogP contribution in [-0.2, 0) is 0 Å². The largest absolute Gasteiger partial charge is 0.308 e. The van der Waals surface area contributed by atoms with E-state index in [1.807, 2.05) is 0 Å². The highest BCUT2D eigenvalue weighted by atomic mass is 14.9. The van der Waals surface area contributed by atoms with Gasteiger partial charge in [0.1, 0.15) is 0 Å². The molecule has 4 heterocycles. The first-order chi connectivity index (χ1) is 30.8. The van der Waals surface area contributed by atoms with Gasteiger partial charge < -0.3 is 8.80 Å². The van der Waals surface area contributed by atoms with Gasteiger partial charge in [-0.25, -0.2) is 0 Å². The first-order valence-electron chi connectivity index (χ1n) is 21.6. The van der Waals surface area contributed by atoms with Gasteiger partial charge in [0.25, 0.3) is 0 Å². The van der Waals surface area contributed by atoms with Crippen molar-refractivity contribution >= 4 is 109 Å². The van der Waals surface area contributed by atoms with E-state index in [1.165, 1.54) is 142 Å². The van der Waals surface area contributed by atoms with Crippen LogP contribution in [0.25, 0.3) is 142 Å². The van der Waals surface area contributed by atoms with Crippen molar-refractivity contribution in [3.63, 3.8) is 0 Å². The summed E-state index contributed by atoms with van der Waals surface area (Å²) in [6, 6.07) is 77.4. The molecular formula is C60H34N2. The Kier molecular flexibility index (Phi) is 6.18. The van der Waals surface area contributed by atoms with E-state index < -0.39 is 0 Å². The van der Waals surface area contributed by atoms with Gasteiger partial charge in [0, 0.05) is 43.1 Å². The van der Waals surface area contributed by atoms with E-state index in [1.54, 1.807) is 0 Å². The van der Waals surface area contributed by atoms with Crippen molar-refractivity contribution < 1.29 is 0 Å². The number of hydrogen-bond donors (Lipinski definition) is 0. The molecule has 0 saturated heterocycles. The second kappa shape index (κ2) is 11.8. The van der Waals surface area contributed by atoms with Gasteiger partial charge in [0.05, 0.1) is 33.1 Å². The molecule has 2 nitrogen and oxygen atoms in total. The molecule has 0 atom stereocenters. The summed E-state index contributed by atoms with van der Waals surface area (Å²) >= 11 is 0. The monoisotopic (exact) mass is 782 g/mol. The fourth-order valence-corrected chi connectivity index (χ4v) is 11.7. The number of hydrogen-bond acceptors (Lipinski definition) is 0. The van der Waals surface area contributed by atoms with Gasteiger partial charge in [0.15, 0.2) is 0 Å². The average Bonchev–Trinajstić information content (AvgIpc) is 4.07. The number of fused-ring (bicyclic) bond motifs is 15. The van der Waals surface area contributed by atoms with Crippen molar-refractivity contribution in [1.29, 1.82) is 0 Å². The summed E-state index contributed by atoms with van der Waals surface area (Å²) in [6.07, 6.45) is 0. The normalized spacial score (nSPS) is 12.5. The summed E-state index contributed by atoms with van der Waals surface area (Å²) in [6.45, 7) is 0. The Balaban J connectivity index is 1.11. The molecule has 62 heavy (non-hydrogen) atoms. The van der Waals surface area contributed by atoms with Gasteiger partial charge in [0.2, 0.25) is 0 Å². The van der Waals surface area contributed by atoms with Crippen LogP contribution >= 0.6 is 0 Å². The molecule has 0 aliphatic carbocycles. The van der Waals surface area contributed by atoms with Crippen LogP contribution in [0.4, 0.5) is 0 Å². The van der Waals surface area contributed by atoms with Crippen molar-refractivity contribution in [2.24, 2.45) is 0 Å². The zero-order valence-electron chi connectivity index (χ0n) is 33.5. The van der Waals surface area contributed by atoms with E-state index in [2.05, 4.69) is 215 Å². The predicted molar refractivity (Wildman–Crippen MR) is 265 cm³/mol. The molecule has 0 aliphatic heterocycles. The molecule has 11 aromatic carbocycles. The zero-order chi connectivity index (χ0) is 40.2. The summed E-state index contributed by atoms with van der Waals surface area (Å²) in [5.74, 6) is 0. The third-order valence-electron chi connectivity index (χ3n) is 14.2. The minimum absolute atomic E-state index is 1.23. The Morgan fingerprint density at radius 3 is 1.21 bits per heavy atom. The third kappa shape index (κ3) is 4.04. The lowest BCUT2D eigenvalue weighted by atomic mass is 9.84. The number of para-hydroxylation sites is 4. The fraction of sp³-hybridized carbons (Fsp3) is 0. The molecule has 15 rings (SSSR count). The van der Waals surface area contributed by atoms with Gasteiger partial charge >= 0.3 is 0 Å². The number of aromatic nitrogens is 2. The van der Waals surface area contributed by atoms with E-state index in [0.29, 0.717) is 0 Å². The van der Waals surface area contributed by atoms with Crippen LogP contribution < -0.4 is 0 Å². The van der Waals surface area contributed by atoms with Crippen LogP contribution in [0.1, 0.15) is 0 Å². The molecule has 0 bridgehead atoms. The maximum atomic E-state index is 2.51. The molecule has 284 valence electrons. The van der Waals surface area contributed by atoms with Gasteiger partial charge in [-0.1, -0.05) is 170 Å². The van der Waals surface area contributed by atoms with Crippen molar-refractivity contribution in [1.82, 2.24) is 8.80 Å². The fourth-order valence-electron chi connectivity index (χ4n) is 11.7. The van der Waals surface area contributed by atoms with Crippen molar-refractivity contribution in [2.75, 3.05) is 0 Å². The van der Waals surface area contributed by atoms with Crippen molar-refractivity contribution in [3.05, 3.63) is 206 Å². The molecule has 2 heteroatoms. The second-order valence-corrected chi connectivity index (χ2v) is 17.1. The summed E-state index contributed by atoms with van der Waals surface area (Å²) in [4.78, 5) is 0. The molecule has 15 aromatic rings. The van der Waals surface area contributed by atoms with E-state index in [4.69, 9.17) is 0 Å². The standard InChI is InChI=1S/C60H34N2/c1-2-14-36-33-37(28-27-35(36)13-1)56-42-21-11-19-38(44-29-31-46-40-15-3-7-23-52(40)61-54-25-9-5-17-48(54)57(44)59(46)61)50(42)34-51-39(20-12-22-43(51)56)45-30-32-47-41-16-4-8-24-53(41)62-55-26-10-6-18-49(55)58(45)60(47)62/h1-34H. The quantitative estimate of drug-likeness (QED) is 0.158. The minimum atomic E-state index is 1.23. The van der Waals surface area contributed by atoms with Crippen LogP contribution in [-0.4, -0.2) is 8.80 Å². The lowest BCUT2D eigenvalue weighted by Gasteiger charge is -2.18. The molecule has 4 aromatic heterocycles. The zero-order valence-corrected chi connectivity index (χ0v) is 33.5. The van der Waals surface area contributed by atoms with Crippen LogP contribution in [0.2, 0.25) is 0 Å². The Labute approximate surface area is 355 Å². The highest BCUT2D eigenvalue weighted by Gasteiger charge is 2.25. The molecule has 0 spiro atoms. The van der Waals surface area contributed by atoms with Crippen molar-refractivity contribution in [2.45, 2.75) is 0 Å². The molecule has 0 radical (unpaired) electrons. The summed E-state index contributed by atoms with van der Waals surface area (Å²) in [5.41, 5.74) is 15.1. The summed E-state index contributed by atoms with van der Waals surface area (Å²) in [5, 5.41) is 17.9. The van der Waals surface area contributed by atoms with Gasteiger partial charge in [-0.15, -0.1) is 0 Å². The Morgan fingerprint density at radius 2 is 0.677 bits per heavy atom. The first-order valence-corrected chi connectivity index (χ1v) is 21.6. The smallest absolute Gasteiger partial charge is 0.0626 e. The lowest BCUT2D eigenvalue weighted by Crippen LogP contribution is -1.91. The first kappa shape index (κ1) is 32.6. The van der Waals surface area contributed by atoms with Crippen LogP contribution in [0.5, 0.6) is 0 Å². The molecule has 0 unspecified atom stereocenters. The molecule has 0 N–H and O–H groups in total. The molecule has 0 saturated carbocycles. The van der Waals surface area contributed by atoms with E-state index in [9.17, 15) is 0 Å². The molecule has 0 aliphatic rings. The summed E-state index contributed by atoms with van der Waals surface area (Å²) in [7, 11) is 0. The van der Waals surface area contributed by atoms with Gasteiger partial charge in [-0.3, -0.25) is 0 Å². The topological polar surface area (TPSA) is 8.82 Å². The van der Waals surface area contributed by atoms with E-state index >= 15 is 0 Å². The maximum absolute atomic E-state index is 2.51. The molecular weight excluding hydrogens is 749 g/mol. The SMILES string of the molecule is c1ccc2cc(-c3c4cccc(-c5ccc6c7ccccc7n7c8ccccc8c5c67)c4cc4c(-c5ccc6c7ccccc7n7c8ccccc8c5c67)cccc34)ccc2c1. The average molecular weight is 783 g/mol. The van der Waals surface area contributed by atoms with Crippen molar-refractivity contribution in [3.8, 4) is 33.4 Å². The Bertz CT molecular complexity index is 4150. The Morgan fingerprint density at radius 1 is 0.242 bits per heavy atom. The van der Waals surface area contributed by atoms with E-state index in [-0.39, 0.29) is 0 Å². The molecule has 0 fully saturated rings. The highest BCUT2D eigenvalue weighted by Crippen LogP contribution is 2.50. The number of nitrogens with zero attached hydrogens (tertiary/aromatic N) is 2. The predicted octanol–water partition coefficient (Wildman–Crippen LogP) is 16.4. The molecule has 0 amide bonds. The van der Waals surface area contributed by atoms with Gasteiger partial charge in [-0.05, 0) is 102 Å². The van der Waals surface area contributed by atoms with Gasteiger partial charge in [-0.2, -0.15) is 0 Å². The summed E-state index contributed by atoms with van der Waals surface area (Å²) < 4.78 is 4.99. The van der Waals surface area contributed by atoms with Crippen LogP contribution in [0, 0.1) is 0 Å². The maximum Gasteiger partial charge on any atom is 0.0626 e. The second-order valence-electron chi connectivity index (χ2n) is 17.1. The van der Waals surface area contributed by atoms with Crippen LogP contribution in [0.3, 0.4) is 0 Å². The highest BCUT2D eigenvalue weighted by molar-refractivity contribution is 6.31. The van der Waals surface area contributed by atoms with E-state index in [0.717, 1.165) is 0 Å². The minimum Gasteiger partial charge on any atom is -0.308 e. The number of benzene rings is 11.